The van der Waals surface area contributed by atoms with Gasteiger partial charge in [0.15, 0.2) is 0 Å². The Morgan fingerprint density at radius 2 is 2.27 bits per heavy atom. The molecule has 60 valence electrons. The Bertz CT molecular complexity index is 178. The van der Waals surface area contributed by atoms with Gasteiger partial charge in [-0.25, -0.2) is 4.79 Å². The normalized spacial score (nSPS) is 10.6. The molecule has 0 saturated carbocycles. The third-order valence-electron chi connectivity index (χ3n) is 0.999. The number of carbonyl (C=O) groups excluding carboxylic acids is 1. The van der Waals surface area contributed by atoms with Gasteiger partial charge in [-0.2, -0.15) is 0 Å². The fraction of sp³-hybridized carbons (Fsp3) is 0.222. The minimum atomic E-state index is -0.322. The summed E-state index contributed by atoms with van der Waals surface area (Å²) in [5.74, 6) is -0.322. The number of allylic oxidation sites excluding steroid dienone is 4. The van der Waals surface area contributed by atoms with E-state index in [4.69, 9.17) is 0 Å². The summed E-state index contributed by atoms with van der Waals surface area (Å²) >= 11 is 0. The van der Waals surface area contributed by atoms with Gasteiger partial charge in [0, 0.05) is 6.08 Å². The lowest BCUT2D eigenvalue weighted by atomic mass is 10.3. The molecule has 0 bridgehead atoms. The molecule has 0 spiro atoms. The van der Waals surface area contributed by atoms with Gasteiger partial charge in [-0.05, 0) is 6.42 Å². The Morgan fingerprint density at radius 1 is 1.55 bits per heavy atom. The third-order valence-corrected chi connectivity index (χ3v) is 0.999. The summed E-state index contributed by atoms with van der Waals surface area (Å²) in [4.78, 5) is 10.5. The zero-order valence-electron chi connectivity index (χ0n) is 6.62. The first-order valence-electron chi connectivity index (χ1n) is 3.33. The summed E-state index contributed by atoms with van der Waals surface area (Å²) in [6, 6.07) is 0. The van der Waals surface area contributed by atoms with Gasteiger partial charge in [-0.3, -0.25) is 0 Å². The lowest BCUT2D eigenvalue weighted by Crippen LogP contribution is -1.92. The second kappa shape index (κ2) is 6.81. The van der Waals surface area contributed by atoms with Crippen molar-refractivity contribution in [1.29, 1.82) is 0 Å². The second-order valence-corrected chi connectivity index (χ2v) is 1.83. The van der Waals surface area contributed by atoms with Crippen molar-refractivity contribution in [3.8, 4) is 0 Å². The first-order valence-corrected chi connectivity index (χ1v) is 3.33. The first kappa shape index (κ1) is 9.69. The summed E-state index contributed by atoms with van der Waals surface area (Å²) in [5.41, 5.74) is 0. The van der Waals surface area contributed by atoms with Crippen LogP contribution in [0.5, 0.6) is 0 Å². The van der Waals surface area contributed by atoms with E-state index in [-0.39, 0.29) is 5.97 Å². The molecule has 0 amide bonds. The molecule has 0 saturated heterocycles. The molecule has 0 radical (unpaired) electrons. The van der Waals surface area contributed by atoms with E-state index in [1.54, 1.807) is 12.2 Å². The smallest absolute Gasteiger partial charge is 0.330 e. The molecule has 0 rings (SSSR count). The molecule has 2 heteroatoms. The average Bonchev–Trinajstić information content (AvgIpc) is 2.04. The molecule has 0 aliphatic heterocycles. The van der Waals surface area contributed by atoms with Crippen LogP contribution < -0.4 is 0 Å². The van der Waals surface area contributed by atoms with Gasteiger partial charge in [0.2, 0.25) is 0 Å². The van der Waals surface area contributed by atoms with Crippen LogP contribution in [0.4, 0.5) is 0 Å². The van der Waals surface area contributed by atoms with Crippen LogP contribution in [0.25, 0.3) is 0 Å². The SMILES string of the molecule is C=C/C=C/C/C=C/C(=O)OC. The van der Waals surface area contributed by atoms with E-state index in [0.717, 1.165) is 6.42 Å². The number of hydrogen-bond acceptors (Lipinski definition) is 2. The zero-order chi connectivity index (χ0) is 8.53. The minimum Gasteiger partial charge on any atom is -0.466 e. The molecule has 0 N–H and O–H groups in total. The molecule has 0 unspecified atom stereocenters. The Balaban J connectivity index is 3.52. The predicted molar refractivity (Wildman–Crippen MR) is 45.1 cm³/mol. The summed E-state index contributed by atoms with van der Waals surface area (Å²) in [6.07, 6.45) is 9.25. The van der Waals surface area contributed by atoms with E-state index in [1.165, 1.54) is 13.2 Å². The standard InChI is InChI=1S/C9H12O2/c1-3-4-5-6-7-8-9(10)11-2/h3-5,7-8H,1,6H2,2H3/b5-4+,8-7+. The van der Waals surface area contributed by atoms with Gasteiger partial charge >= 0.3 is 5.97 Å². The van der Waals surface area contributed by atoms with Crippen molar-refractivity contribution in [1.82, 2.24) is 0 Å². The minimum absolute atomic E-state index is 0.322. The van der Waals surface area contributed by atoms with E-state index in [1.807, 2.05) is 12.2 Å². The Morgan fingerprint density at radius 3 is 2.82 bits per heavy atom. The predicted octanol–water partition coefficient (Wildman–Crippen LogP) is 1.85. The Hall–Kier alpha value is -1.31. The highest BCUT2D eigenvalue weighted by Gasteiger charge is 1.86. The van der Waals surface area contributed by atoms with Crippen molar-refractivity contribution >= 4 is 5.97 Å². The van der Waals surface area contributed by atoms with Crippen molar-refractivity contribution in [3.63, 3.8) is 0 Å². The molecule has 0 aromatic heterocycles. The summed E-state index contributed by atoms with van der Waals surface area (Å²) < 4.78 is 4.39. The van der Waals surface area contributed by atoms with Crippen molar-refractivity contribution in [3.05, 3.63) is 37.0 Å². The fourth-order valence-electron chi connectivity index (χ4n) is 0.486. The van der Waals surface area contributed by atoms with Crippen LogP contribution in [0, 0.1) is 0 Å². The largest absolute Gasteiger partial charge is 0.466 e. The molecular weight excluding hydrogens is 140 g/mol. The quantitative estimate of drug-likeness (QED) is 0.349. The van der Waals surface area contributed by atoms with Crippen LogP contribution >= 0.6 is 0 Å². The molecule has 0 fully saturated rings. The van der Waals surface area contributed by atoms with Crippen LogP contribution in [-0.4, -0.2) is 13.1 Å². The van der Waals surface area contributed by atoms with Crippen molar-refractivity contribution in [2.24, 2.45) is 0 Å². The van der Waals surface area contributed by atoms with E-state index in [0.29, 0.717) is 0 Å². The topological polar surface area (TPSA) is 26.3 Å². The van der Waals surface area contributed by atoms with Gasteiger partial charge < -0.3 is 4.74 Å². The summed E-state index contributed by atoms with van der Waals surface area (Å²) in [5, 5.41) is 0. The van der Waals surface area contributed by atoms with E-state index in [9.17, 15) is 4.79 Å². The highest BCUT2D eigenvalue weighted by molar-refractivity contribution is 5.81. The maximum absolute atomic E-state index is 10.5. The van der Waals surface area contributed by atoms with Crippen LogP contribution in [0.3, 0.4) is 0 Å². The zero-order valence-corrected chi connectivity index (χ0v) is 6.62. The maximum atomic E-state index is 10.5. The molecule has 11 heavy (non-hydrogen) atoms. The van der Waals surface area contributed by atoms with E-state index >= 15 is 0 Å². The molecule has 2 nitrogen and oxygen atoms in total. The number of hydrogen-bond donors (Lipinski definition) is 0. The molecule has 0 aliphatic carbocycles. The van der Waals surface area contributed by atoms with Gasteiger partial charge in [-0.15, -0.1) is 0 Å². The molecular formula is C9H12O2. The average molecular weight is 152 g/mol. The monoisotopic (exact) mass is 152 g/mol. The van der Waals surface area contributed by atoms with Crippen molar-refractivity contribution in [2.45, 2.75) is 6.42 Å². The number of esters is 1. The van der Waals surface area contributed by atoms with Crippen LogP contribution in [0.1, 0.15) is 6.42 Å². The van der Waals surface area contributed by atoms with Gasteiger partial charge in [0.05, 0.1) is 7.11 Å². The number of methoxy groups -OCH3 is 1. The third kappa shape index (κ3) is 6.58. The highest BCUT2D eigenvalue weighted by atomic mass is 16.5. The summed E-state index contributed by atoms with van der Waals surface area (Å²) in [6.45, 7) is 3.51. The lowest BCUT2D eigenvalue weighted by molar-refractivity contribution is -0.134. The highest BCUT2D eigenvalue weighted by Crippen LogP contribution is 1.87. The fourth-order valence-corrected chi connectivity index (χ4v) is 0.486. The van der Waals surface area contributed by atoms with Gasteiger partial charge in [-0.1, -0.05) is 30.9 Å². The van der Waals surface area contributed by atoms with Crippen LogP contribution in [-0.2, 0) is 9.53 Å². The lowest BCUT2D eigenvalue weighted by Gasteiger charge is -1.86. The molecule has 0 heterocycles. The number of ether oxygens (including phenoxy) is 1. The number of carbonyl (C=O) groups is 1. The first-order chi connectivity index (χ1) is 5.31. The number of rotatable bonds is 4. The van der Waals surface area contributed by atoms with Crippen molar-refractivity contribution in [2.75, 3.05) is 7.11 Å². The molecule has 0 atom stereocenters. The van der Waals surface area contributed by atoms with Gasteiger partial charge in [0.1, 0.15) is 0 Å². The Kier molecular flexibility index (Phi) is 5.99. The van der Waals surface area contributed by atoms with E-state index in [2.05, 4.69) is 11.3 Å². The van der Waals surface area contributed by atoms with E-state index < -0.39 is 0 Å². The summed E-state index contributed by atoms with van der Waals surface area (Å²) in [7, 11) is 1.35. The Labute approximate surface area is 66.9 Å². The van der Waals surface area contributed by atoms with Crippen LogP contribution in [0.15, 0.2) is 37.0 Å². The molecule has 0 aromatic carbocycles. The van der Waals surface area contributed by atoms with Crippen molar-refractivity contribution < 1.29 is 9.53 Å². The maximum Gasteiger partial charge on any atom is 0.330 e. The van der Waals surface area contributed by atoms with Gasteiger partial charge in [0.25, 0.3) is 0 Å². The second-order valence-electron chi connectivity index (χ2n) is 1.83. The molecule has 0 aromatic rings. The molecule has 0 aliphatic rings. The van der Waals surface area contributed by atoms with Crippen LogP contribution in [0.2, 0.25) is 0 Å².